The lowest BCUT2D eigenvalue weighted by Crippen LogP contribution is -2.13. The second kappa shape index (κ2) is 10.7. The van der Waals surface area contributed by atoms with Crippen LogP contribution in [0.3, 0.4) is 0 Å². The number of fused-ring (bicyclic) bond motifs is 1. The van der Waals surface area contributed by atoms with E-state index in [1.807, 2.05) is 30.3 Å². The van der Waals surface area contributed by atoms with Crippen LogP contribution in [-0.2, 0) is 16.2 Å². The quantitative estimate of drug-likeness (QED) is 0.342. The van der Waals surface area contributed by atoms with E-state index in [-0.39, 0.29) is 25.6 Å². The molecule has 0 aliphatic carbocycles. The molecule has 0 radical (unpaired) electrons. The highest BCUT2D eigenvalue weighted by molar-refractivity contribution is 6.01. The van der Waals surface area contributed by atoms with Gasteiger partial charge in [0.2, 0.25) is 0 Å². The van der Waals surface area contributed by atoms with E-state index in [0.717, 1.165) is 11.1 Å². The molecule has 3 aromatic rings. The van der Waals surface area contributed by atoms with Crippen LogP contribution in [0.2, 0.25) is 0 Å². The van der Waals surface area contributed by atoms with E-state index in [0.29, 0.717) is 35.1 Å². The molecule has 0 fully saturated rings. The van der Waals surface area contributed by atoms with E-state index in [1.165, 1.54) is 13.2 Å². The number of carbonyl (C=O) groups is 1. The topological polar surface area (TPSA) is 86.6 Å². The summed E-state index contributed by atoms with van der Waals surface area (Å²) in [5.74, 6) is -0.0368. The van der Waals surface area contributed by atoms with Crippen molar-refractivity contribution in [2.24, 2.45) is 5.16 Å². The number of carboxylic acids is 1. The zero-order valence-electron chi connectivity index (χ0n) is 18.6. The average Bonchev–Trinajstić information content (AvgIpc) is 3.23. The first-order valence-electron chi connectivity index (χ1n) is 10.7. The molecular weight excluding hydrogens is 441 g/mol. The molecule has 176 valence electrons. The van der Waals surface area contributed by atoms with Crippen LogP contribution >= 0.6 is 0 Å². The lowest BCUT2D eigenvalue weighted by Gasteiger charge is -2.12. The van der Waals surface area contributed by atoms with E-state index < -0.39 is 11.8 Å². The number of aliphatic carboxylic acids is 1. The van der Waals surface area contributed by atoms with Crippen LogP contribution < -0.4 is 14.2 Å². The molecule has 1 unspecified atom stereocenters. The largest absolute Gasteiger partial charge is 0.492 e. The van der Waals surface area contributed by atoms with Crippen molar-refractivity contribution in [2.45, 2.75) is 18.9 Å². The fourth-order valence-electron chi connectivity index (χ4n) is 3.68. The summed E-state index contributed by atoms with van der Waals surface area (Å²) in [4.78, 5) is 15.9. The first-order valence-corrected chi connectivity index (χ1v) is 10.7. The SMILES string of the molecule is CON=C(COc1ccc(COc2ccc3c(c2)OCC3CC(=O)O)c(F)c1)c1ccccc1. The Morgan fingerprint density at radius 1 is 1.09 bits per heavy atom. The Morgan fingerprint density at radius 2 is 1.85 bits per heavy atom. The molecule has 0 bridgehead atoms. The van der Waals surface area contributed by atoms with E-state index in [4.69, 9.17) is 24.2 Å². The van der Waals surface area contributed by atoms with Crippen molar-refractivity contribution >= 4 is 11.7 Å². The lowest BCUT2D eigenvalue weighted by atomic mass is 9.98. The van der Waals surface area contributed by atoms with Gasteiger partial charge >= 0.3 is 5.97 Å². The standard InChI is InChI=1S/C26H24FNO6/c1-31-28-24(17-5-3-2-4-6-17)16-33-20-8-7-18(23(27)12-20)14-32-21-9-10-22-19(11-26(29)30)15-34-25(22)13-21/h2-10,12-13,19H,11,14-16H2,1H3,(H,29,30). The molecule has 0 amide bonds. The predicted molar refractivity (Wildman–Crippen MR) is 123 cm³/mol. The first kappa shape index (κ1) is 23.1. The number of nitrogens with zero attached hydrogens (tertiary/aromatic N) is 1. The Balaban J connectivity index is 1.36. The molecule has 1 atom stereocenters. The minimum absolute atomic E-state index is 0.0109. The number of ether oxygens (including phenoxy) is 3. The third-order valence-electron chi connectivity index (χ3n) is 5.39. The zero-order chi connectivity index (χ0) is 23.9. The van der Waals surface area contributed by atoms with Gasteiger partial charge in [-0.3, -0.25) is 4.79 Å². The molecule has 1 N–H and O–H groups in total. The maximum atomic E-state index is 14.6. The fraction of sp³-hybridized carbons (Fsp3) is 0.231. The lowest BCUT2D eigenvalue weighted by molar-refractivity contribution is -0.137. The Labute approximate surface area is 196 Å². The molecule has 7 nitrogen and oxygen atoms in total. The molecule has 1 aliphatic rings. The Bertz CT molecular complexity index is 1180. The van der Waals surface area contributed by atoms with Crippen LogP contribution in [0.1, 0.15) is 29.0 Å². The van der Waals surface area contributed by atoms with Gasteiger partial charge in [-0.2, -0.15) is 0 Å². The summed E-state index contributed by atoms with van der Waals surface area (Å²) in [5.41, 5.74) is 2.64. The number of rotatable bonds is 10. The van der Waals surface area contributed by atoms with Crippen LogP contribution in [0.25, 0.3) is 0 Å². The maximum Gasteiger partial charge on any atom is 0.304 e. The number of oxime groups is 1. The molecule has 0 spiro atoms. The molecule has 0 saturated carbocycles. The van der Waals surface area contributed by atoms with Gasteiger partial charge in [0.05, 0.1) is 13.0 Å². The highest BCUT2D eigenvalue weighted by Gasteiger charge is 2.26. The van der Waals surface area contributed by atoms with Gasteiger partial charge in [0.1, 0.15) is 49.1 Å². The van der Waals surface area contributed by atoms with Crippen molar-refractivity contribution in [1.82, 2.24) is 0 Å². The van der Waals surface area contributed by atoms with Crippen molar-refractivity contribution in [3.05, 3.63) is 89.2 Å². The number of benzene rings is 3. The highest BCUT2D eigenvalue weighted by Crippen LogP contribution is 2.38. The first-order chi connectivity index (χ1) is 16.5. The monoisotopic (exact) mass is 465 g/mol. The van der Waals surface area contributed by atoms with Crippen molar-refractivity contribution in [1.29, 1.82) is 0 Å². The summed E-state index contributed by atoms with van der Waals surface area (Å²) in [6, 6.07) is 19.2. The molecule has 0 saturated heterocycles. The van der Waals surface area contributed by atoms with Gasteiger partial charge in [0.15, 0.2) is 0 Å². The average molecular weight is 465 g/mol. The predicted octanol–water partition coefficient (Wildman–Crippen LogP) is 4.78. The minimum atomic E-state index is -0.869. The van der Waals surface area contributed by atoms with Crippen molar-refractivity contribution in [3.63, 3.8) is 0 Å². The van der Waals surface area contributed by atoms with Gasteiger partial charge in [0, 0.05) is 34.7 Å². The molecular formula is C26H24FNO6. The van der Waals surface area contributed by atoms with E-state index in [2.05, 4.69) is 5.16 Å². The molecule has 4 rings (SSSR count). The molecule has 8 heteroatoms. The molecule has 3 aromatic carbocycles. The number of hydrogen-bond acceptors (Lipinski definition) is 6. The van der Waals surface area contributed by atoms with Gasteiger partial charge in [-0.1, -0.05) is 41.6 Å². The Hall–Kier alpha value is -4.07. The Kier molecular flexibility index (Phi) is 7.27. The normalized spacial score (nSPS) is 14.8. The number of hydrogen-bond donors (Lipinski definition) is 1. The summed E-state index contributed by atoms with van der Waals surface area (Å²) >= 11 is 0. The Morgan fingerprint density at radius 3 is 2.59 bits per heavy atom. The van der Waals surface area contributed by atoms with E-state index in [1.54, 1.807) is 30.3 Å². The zero-order valence-corrected chi connectivity index (χ0v) is 18.6. The summed E-state index contributed by atoms with van der Waals surface area (Å²) in [7, 11) is 1.46. The summed E-state index contributed by atoms with van der Waals surface area (Å²) < 4.78 is 31.7. The third-order valence-corrected chi connectivity index (χ3v) is 5.39. The summed E-state index contributed by atoms with van der Waals surface area (Å²) in [6.07, 6.45) is 0.0109. The van der Waals surface area contributed by atoms with Gasteiger partial charge in [-0.25, -0.2) is 4.39 Å². The van der Waals surface area contributed by atoms with Crippen LogP contribution in [0.15, 0.2) is 71.9 Å². The van der Waals surface area contributed by atoms with Gasteiger partial charge < -0.3 is 24.2 Å². The van der Waals surface area contributed by atoms with E-state index >= 15 is 0 Å². The number of carboxylic acid groups (broad SMARTS) is 1. The van der Waals surface area contributed by atoms with Gasteiger partial charge in [0.25, 0.3) is 0 Å². The second-order valence-corrected chi connectivity index (χ2v) is 7.72. The smallest absolute Gasteiger partial charge is 0.304 e. The number of halogens is 1. The molecule has 1 aliphatic heterocycles. The molecule has 34 heavy (non-hydrogen) atoms. The minimum Gasteiger partial charge on any atom is -0.492 e. The summed E-state index contributed by atoms with van der Waals surface area (Å²) in [6.45, 7) is 0.456. The van der Waals surface area contributed by atoms with Crippen molar-refractivity contribution in [3.8, 4) is 17.2 Å². The van der Waals surface area contributed by atoms with Gasteiger partial charge in [-0.15, -0.1) is 0 Å². The third kappa shape index (κ3) is 5.64. The van der Waals surface area contributed by atoms with Crippen LogP contribution in [0.4, 0.5) is 4.39 Å². The highest BCUT2D eigenvalue weighted by atomic mass is 19.1. The van der Waals surface area contributed by atoms with E-state index in [9.17, 15) is 9.18 Å². The van der Waals surface area contributed by atoms with Crippen LogP contribution in [-0.4, -0.2) is 37.1 Å². The van der Waals surface area contributed by atoms with Crippen LogP contribution in [0, 0.1) is 5.82 Å². The van der Waals surface area contributed by atoms with Crippen LogP contribution in [0.5, 0.6) is 17.2 Å². The molecule has 0 aromatic heterocycles. The molecule has 1 heterocycles. The summed E-state index contributed by atoms with van der Waals surface area (Å²) in [5, 5.41) is 13.0. The maximum absolute atomic E-state index is 14.6. The second-order valence-electron chi connectivity index (χ2n) is 7.72. The fourth-order valence-corrected chi connectivity index (χ4v) is 3.68. The van der Waals surface area contributed by atoms with Crippen molar-refractivity contribution in [2.75, 3.05) is 20.3 Å². The van der Waals surface area contributed by atoms with Crippen molar-refractivity contribution < 1.29 is 33.3 Å². The van der Waals surface area contributed by atoms with Gasteiger partial charge in [-0.05, 0) is 18.2 Å².